The van der Waals surface area contributed by atoms with Crippen molar-refractivity contribution in [2.75, 3.05) is 5.32 Å². The van der Waals surface area contributed by atoms with Crippen LogP contribution in [-0.2, 0) is 16.1 Å². The molecule has 6 heteroatoms. The Morgan fingerprint density at radius 3 is 2.31 bits per heavy atom. The van der Waals surface area contributed by atoms with E-state index in [0.29, 0.717) is 16.9 Å². The van der Waals surface area contributed by atoms with Gasteiger partial charge in [0.2, 0.25) is 0 Å². The second-order valence-electron chi connectivity index (χ2n) is 6.77. The fourth-order valence-electron chi connectivity index (χ4n) is 3.15. The molecule has 1 aliphatic heterocycles. The van der Waals surface area contributed by atoms with Crippen molar-refractivity contribution in [2.45, 2.75) is 13.5 Å². The maximum atomic E-state index is 13.2. The second-order valence-corrected chi connectivity index (χ2v) is 6.77. The minimum absolute atomic E-state index is 0.0719. The van der Waals surface area contributed by atoms with Gasteiger partial charge in [-0.25, -0.2) is 4.39 Å². The molecule has 0 bridgehead atoms. The first-order valence-electron chi connectivity index (χ1n) is 9.13. The summed E-state index contributed by atoms with van der Waals surface area (Å²) in [5.74, 6) is -1.22. The summed E-state index contributed by atoms with van der Waals surface area (Å²) in [7, 11) is 0. The Morgan fingerprint density at radius 1 is 0.931 bits per heavy atom. The van der Waals surface area contributed by atoms with E-state index >= 15 is 0 Å². The van der Waals surface area contributed by atoms with E-state index in [2.05, 4.69) is 10.3 Å². The highest BCUT2D eigenvalue weighted by molar-refractivity contribution is 6.36. The van der Waals surface area contributed by atoms with Gasteiger partial charge in [0.1, 0.15) is 11.5 Å². The van der Waals surface area contributed by atoms with Gasteiger partial charge in [-0.2, -0.15) is 0 Å². The van der Waals surface area contributed by atoms with Gasteiger partial charge in [0.05, 0.1) is 17.8 Å². The number of nitrogens with zero attached hydrogens (tertiary/aromatic N) is 2. The van der Waals surface area contributed by atoms with Crippen LogP contribution in [0.1, 0.15) is 16.8 Å². The van der Waals surface area contributed by atoms with Crippen LogP contribution in [-0.4, -0.2) is 21.7 Å². The lowest BCUT2D eigenvalue weighted by Gasteiger charge is -2.14. The molecule has 0 radical (unpaired) electrons. The lowest BCUT2D eigenvalue weighted by atomic mass is 10.0. The minimum Gasteiger partial charge on any atom is -0.350 e. The summed E-state index contributed by atoms with van der Waals surface area (Å²) in [6.45, 7) is 2.02. The zero-order chi connectivity index (χ0) is 20.4. The summed E-state index contributed by atoms with van der Waals surface area (Å²) in [6.07, 6.45) is 1.62. The number of halogens is 1. The van der Waals surface area contributed by atoms with Crippen LogP contribution >= 0.6 is 0 Å². The van der Waals surface area contributed by atoms with E-state index in [1.54, 1.807) is 24.4 Å². The van der Waals surface area contributed by atoms with Crippen molar-refractivity contribution in [3.8, 4) is 0 Å². The molecule has 4 rings (SSSR count). The molecule has 3 aromatic rings. The number of carbonyl (C=O) groups is 2. The number of imide groups is 1. The van der Waals surface area contributed by atoms with Gasteiger partial charge in [-0.1, -0.05) is 35.9 Å². The molecule has 1 aliphatic rings. The van der Waals surface area contributed by atoms with Crippen molar-refractivity contribution in [1.29, 1.82) is 0 Å². The number of pyridine rings is 1. The highest BCUT2D eigenvalue weighted by Crippen LogP contribution is 2.31. The van der Waals surface area contributed by atoms with E-state index in [0.717, 1.165) is 5.56 Å². The molecule has 5 nitrogen and oxygen atoms in total. The Morgan fingerprint density at radius 2 is 1.66 bits per heavy atom. The molecule has 0 unspecified atom stereocenters. The molecule has 2 amide bonds. The number of amides is 2. The van der Waals surface area contributed by atoms with E-state index in [1.807, 2.05) is 31.2 Å². The van der Waals surface area contributed by atoms with Gasteiger partial charge in [0, 0.05) is 11.9 Å². The predicted octanol–water partition coefficient (Wildman–Crippen LogP) is 3.92. The third kappa shape index (κ3) is 3.78. The molecule has 0 saturated heterocycles. The summed E-state index contributed by atoms with van der Waals surface area (Å²) >= 11 is 0. The van der Waals surface area contributed by atoms with E-state index in [1.165, 1.54) is 29.2 Å². The summed E-state index contributed by atoms with van der Waals surface area (Å²) < 4.78 is 13.2. The Hall–Kier alpha value is -3.80. The average Bonchev–Trinajstić information content (AvgIpc) is 2.95. The topological polar surface area (TPSA) is 62.3 Å². The van der Waals surface area contributed by atoms with Crippen LogP contribution in [0.5, 0.6) is 0 Å². The number of hydrogen-bond acceptors (Lipinski definition) is 4. The lowest BCUT2D eigenvalue weighted by molar-refractivity contribution is -0.137. The SMILES string of the molecule is Cc1ccc(C2=C(Nc3ccc(F)cc3)C(=O)N(Cc3ccccn3)C2=O)cc1. The fourth-order valence-corrected chi connectivity index (χ4v) is 3.15. The number of aromatic nitrogens is 1. The number of anilines is 1. The first-order chi connectivity index (χ1) is 14.0. The third-order valence-corrected chi connectivity index (χ3v) is 4.67. The van der Waals surface area contributed by atoms with Crippen LogP contribution in [0.3, 0.4) is 0 Å². The van der Waals surface area contributed by atoms with Crippen LogP contribution in [0.2, 0.25) is 0 Å². The number of hydrogen-bond donors (Lipinski definition) is 1. The quantitative estimate of drug-likeness (QED) is 0.674. The largest absolute Gasteiger partial charge is 0.350 e. The Balaban J connectivity index is 1.74. The summed E-state index contributed by atoms with van der Waals surface area (Å²) in [5.41, 5.74) is 3.27. The van der Waals surface area contributed by atoms with Crippen LogP contribution < -0.4 is 5.32 Å². The number of benzene rings is 2. The molecule has 144 valence electrons. The number of rotatable bonds is 5. The van der Waals surface area contributed by atoms with Gasteiger partial charge in [0.25, 0.3) is 11.8 Å². The van der Waals surface area contributed by atoms with E-state index in [9.17, 15) is 14.0 Å². The molecule has 0 aliphatic carbocycles. The molecular weight excluding hydrogens is 369 g/mol. The van der Waals surface area contributed by atoms with Crippen LogP contribution in [0.4, 0.5) is 10.1 Å². The first-order valence-corrected chi connectivity index (χ1v) is 9.13. The molecule has 0 atom stereocenters. The van der Waals surface area contributed by atoms with Crippen molar-refractivity contribution >= 4 is 23.1 Å². The Kier molecular flexibility index (Phi) is 4.91. The molecule has 0 saturated carbocycles. The highest BCUT2D eigenvalue weighted by Gasteiger charge is 2.39. The molecule has 2 aromatic carbocycles. The molecule has 0 spiro atoms. The molecular formula is C23H18FN3O2. The molecule has 2 heterocycles. The summed E-state index contributed by atoms with van der Waals surface area (Å²) in [4.78, 5) is 31.7. The maximum absolute atomic E-state index is 13.2. The summed E-state index contributed by atoms with van der Waals surface area (Å²) in [5, 5.41) is 3.01. The van der Waals surface area contributed by atoms with Crippen molar-refractivity contribution in [3.63, 3.8) is 0 Å². The normalized spacial score (nSPS) is 13.9. The van der Waals surface area contributed by atoms with Crippen molar-refractivity contribution < 1.29 is 14.0 Å². The number of nitrogens with one attached hydrogen (secondary N) is 1. The number of aryl methyl sites for hydroxylation is 1. The van der Waals surface area contributed by atoms with Gasteiger partial charge in [0.15, 0.2) is 0 Å². The fraction of sp³-hybridized carbons (Fsp3) is 0.0870. The maximum Gasteiger partial charge on any atom is 0.278 e. The predicted molar refractivity (Wildman–Crippen MR) is 108 cm³/mol. The molecule has 0 fully saturated rings. The van der Waals surface area contributed by atoms with Gasteiger partial charge >= 0.3 is 0 Å². The second kappa shape index (κ2) is 7.67. The average molecular weight is 387 g/mol. The standard InChI is InChI=1S/C23H18FN3O2/c1-15-5-7-16(8-6-15)20-21(26-18-11-9-17(24)10-12-18)23(29)27(22(20)28)14-19-4-2-3-13-25-19/h2-13,26H,14H2,1H3. The van der Waals surface area contributed by atoms with Gasteiger partial charge < -0.3 is 5.32 Å². The molecule has 1 aromatic heterocycles. The zero-order valence-corrected chi connectivity index (χ0v) is 15.7. The van der Waals surface area contributed by atoms with Crippen molar-refractivity contribution in [3.05, 3.63) is 101 Å². The van der Waals surface area contributed by atoms with Crippen LogP contribution in [0.15, 0.2) is 78.6 Å². The van der Waals surface area contributed by atoms with Crippen LogP contribution in [0.25, 0.3) is 5.57 Å². The van der Waals surface area contributed by atoms with Crippen LogP contribution in [0, 0.1) is 12.7 Å². The van der Waals surface area contributed by atoms with Crippen molar-refractivity contribution in [2.24, 2.45) is 0 Å². The van der Waals surface area contributed by atoms with Gasteiger partial charge in [-0.3, -0.25) is 19.5 Å². The zero-order valence-electron chi connectivity index (χ0n) is 15.7. The van der Waals surface area contributed by atoms with E-state index < -0.39 is 11.8 Å². The van der Waals surface area contributed by atoms with Gasteiger partial charge in [-0.15, -0.1) is 0 Å². The molecule has 29 heavy (non-hydrogen) atoms. The smallest absolute Gasteiger partial charge is 0.278 e. The molecule has 1 N–H and O–H groups in total. The Labute approximate surface area is 167 Å². The first kappa shape index (κ1) is 18.6. The van der Waals surface area contributed by atoms with Gasteiger partial charge in [-0.05, 0) is 48.9 Å². The summed E-state index contributed by atoms with van der Waals surface area (Å²) in [6, 6.07) is 18.4. The number of carbonyl (C=O) groups excluding carboxylic acids is 2. The highest BCUT2D eigenvalue weighted by atomic mass is 19.1. The van der Waals surface area contributed by atoms with Crippen molar-refractivity contribution in [1.82, 2.24) is 9.88 Å². The third-order valence-electron chi connectivity index (χ3n) is 4.67. The Bertz CT molecular complexity index is 1090. The lowest BCUT2D eigenvalue weighted by Crippen LogP contribution is -2.32. The minimum atomic E-state index is -0.444. The van der Waals surface area contributed by atoms with E-state index in [4.69, 9.17) is 0 Å². The monoisotopic (exact) mass is 387 g/mol. The van der Waals surface area contributed by atoms with E-state index in [-0.39, 0.29) is 23.6 Å².